The van der Waals surface area contributed by atoms with Crippen molar-refractivity contribution in [2.45, 2.75) is 32.5 Å². The Bertz CT molecular complexity index is 804. The molecular weight excluding hydrogens is 338 g/mol. The first-order valence-electron chi connectivity index (χ1n) is 8.28. The molecule has 9 nitrogen and oxygen atoms in total. The molecule has 3 rings (SSSR count). The van der Waals surface area contributed by atoms with Crippen molar-refractivity contribution < 1.29 is 18.8 Å². The van der Waals surface area contributed by atoms with Crippen molar-refractivity contribution in [2.24, 2.45) is 15.9 Å². The molecule has 0 amide bonds. The Labute approximate surface area is 150 Å². The molecule has 2 aliphatic heterocycles. The number of aromatic nitrogens is 1. The van der Waals surface area contributed by atoms with Crippen LogP contribution in [0.15, 0.2) is 26.9 Å². The molecule has 1 aromatic rings. The molecule has 2 atom stereocenters. The van der Waals surface area contributed by atoms with Crippen molar-refractivity contribution in [1.29, 1.82) is 5.26 Å². The minimum Gasteiger partial charge on any atom is -0.467 e. The van der Waals surface area contributed by atoms with Crippen molar-refractivity contribution >= 4 is 23.8 Å². The molecule has 0 bridgehead atoms. The van der Waals surface area contributed by atoms with E-state index in [1.807, 2.05) is 24.1 Å². The Kier molecular flexibility index (Phi) is 5.31. The number of esters is 1. The van der Waals surface area contributed by atoms with Crippen molar-refractivity contribution in [3.63, 3.8) is 0 Å². The van der Waals surface area contributed by atoms with Gasteiger partial charge in [-0.05, 0) is 12.5 Å². The van der Waals surface area contributed by atoms with Crippen LogP contribution in [0.2, 0.25) is 0 Å². The van der Waals surface area contributed by atoms with Crippen LogP contribution in [-0.2, 0) is 20.8 Å². The summed E-state index contributed by atoms with van der Waals surface area (Å²) in [5.74, 6) is -0.441. The highest BCUT2D eigenvalue weighted by Crippen LogP contribution is 2.28. The third-order valence-corrected chi connectivity index (χ3v) is 4.18. The molecule has 0 fully saturated rings. The number of carbonyl (C=O) groups excluding carboxylic acids is 1. The predicted molar refractivity (Wildman–Crippen MR) is 91.7 cm³/mol. The van der Waals surface area contributed by atoms with E-state index < -0.39 is 18.1 Å². The smallest absolute Gasteiger partial charge is 0.318 e. The van der Waals surface area contributed by atoms with Crippen LogP contribution in [0.25, 0.3) is 6.08 Å². The number of nitriles is 1. The van der Waals surface area contributed by atoms with Gasteiger partial charge in [-0.3, -0.25) is 4.79 Å². The zero-order valence-corrected chi connectivity index (χ0v) is 14.6. The summed E-state index contributed by atoms with van der Waals surface area (Å²) in [7, 11) is 1.49. The van der Waals surface area contributed by atoms with Gasteiger partial charge >= 0.3 is 12.0 Å². The van der Waals surface area contributed by atoms with Crippen molar-refractivity contribution in [1.82, 2.24) is 10.1 Å². The standard InChI is InChI=1S/C17H19N5O4/c1-3-12-14(16(23)25-8-4-6-18)15(21-17(20-12)24-2)22-7-5-13-11(10-22)9-19-26-13/h5,7,9,14-15H,3-4,8,10H2,1-2H3. The lowest BCUT2D eigenvalue weighted by Gasteiger charge is -2.35. The predicted octanol–water partition coefficient (Wildman–Crippen LogP) is 1.73. The summed E-state index contributed by atoms with van der Waals surface area (Å²) in [4.78, 5) is 23.4. The number of carbonyl (C=O) groups is 1. The molecule has 0 radical (unpaired) electrons. The highest BCUT2D eigenvalue weighted by atomic mass is 16.5. The number of hydrogen-bond acceptors (Lipinski definition) is 9. The Balaban J connectivity index is 1.88. The molecule has 3 heterocycles. The summed E-state index contributed by atoms with van der Waals surface area (Å²) in [6, 6.07) is 2.18. The third kappa shape index (κ3) is 3.44. The van der Waals surface area contributed by atoms with Gasteiger partial charge in [-0.15, -0.1) is 0 Å². The fraction of sp³-hybridized carbons (Fsp3) is 0.471. The number of fused-ring (bicyclic) bond motifs is 1. The average Bonchev–Trinajstić information content (AvgIpc) is 3.14. The van der Waals surface area contributed by atoms with Crippen LogP contribution in [-0.4, -0.2) is 47.6 Å². The molecular formula is C17H19N5O4. The van der Waals surface area contributed by atoms with Crippen LogP contribution in [0.1, 0.15) is 31.1 Å². The van der Waals surface area contributed by atoms with Crippen LogP contribution < -0.4 is 0 Å². The normalized spacial score (nSPS) is 21.3. The van der Waals surface area contributed by atoms with Gasteiger partial charge < -0.3 is 18.9 Å². The van der Waals surface area contributed by atoms with E-state index in [1.165, 1.54) is 7.11 Å². The third-order valence-electron chi connectivity index (χ3n) is 4.18. The van der Waals surface area contributed by atoms with Gasteiger partial charge in [-0.1, -0.05) is 12.1 Å². The number of hydrogen-bond donors (Lipinski definition) is 0. The number of aliphatic imine (C=N–C) groups is 2. The summed E-state index contributed by atoms with van der Waals surface area (Å²) < 4.78 is 15.6. The van der Waals surface area contributed by atoms with Crippen LogP contribution in [0.5, 0.6) is 0 Å². The van der Waals surface area contributed by atoms with E-state index in [2.05, 4.69) is 15.1 Å². The van der Waals surface area contributed by atoms with Gasteiger partial charge in [-0.2, -0.15) is 5.26 Å². The molecule has 136 valence electrons. The highest BCUT2D eigenvalue weighted by molar-refractivity contribution is 6.08. The first kappa shape index (κ1) is 17.7. The average molecular weight is 357 g/mol. The fourth-order valence-electron chi connectivity index (χ4n) is 2.91. The molecule has 0 N–H and O–H groups in total. The van der Waals surface area contributed by atoms with Gasteiger partial charge in [-0.25, -0.2) is 9.98 Å². The summed E-state index contributed by atoms with van der Waals surface area (Å²) in [6.45, 7) is 2.44. The summed E-state index contributed by atoms with van der Waals surface area (Å²) in [6.07, 6.45) is 5.36. The highest BCUT2D eigenvalue weighted by Gasteiger charge is 2.40. The lowest BCUT2D eigenvalue weighted by atomic mass is 9.95. The van der Waals surface area contributed by atoms with Gasteiger partial charge in [0.05, 0.1) is 25.8 Å². The zero-order valence-electron chi connectivity index (χ0n) is 14.6. The van der Waals surface area contributed by atoms with Crippen LogP contribution in [0.4, 0.5) is 0 Å². The maximum atomic E-state index is 12.7. The fourth-order valence-corrected chi connectivity index (χ4v) is 2.91. The Morgan fingerprint density at radius 2 is 2.38 bits per heavy atom. The van der Waals surface area contributed by atoms with E-state index >= 15 is 0 Å². The zero-order chi connectivity index (χ0) is 18.5. The van der Waals surface area contributed by atoms with Gasteiger partial charge in [0.15, 0.2) is 5.76 Å². The maximum absolute atomic E-state index is 12.7. The monoisotopic (exact) mass is 357 g/mol. The minimum atomic E-state index is -0.677. The minimum absolute atomic E-state index is 0.0437. The molecule has 0 saturated heterocycles. The molecule has 2 aliphatic rings. The first-order valence-corrected chi connectivity index (χ1v) is 8.28. The molecule has 2 unspecified atom stereocenters. The number of nitrogens with zero attached hydrogens (tertiary/aromatic N) is 5. The number of amidine groups is 1. The second-order valence-corrected chi connectivity index (χ2v) is 5.74. The van der Waals surface area contributed by atoms with Gasteiger partial charge in [0, 0.05) is 24.0 Å². The summed E-state index contributed by atoms with van der Waals surface area (Å²) >= 11 is 0. The van der Waals surface area contributed by atoms with E-state index in [0.717, 1.165) is 5.56 Å². The lowest BCUT2D eigenvalue weighted by Crippen LogP contribution is -2.47. The topological polar surface area (TPSA) is 113 Å². The van der Waals surface area contributed by atoms with E-state index in [1.54, 1.807) is 12.3 Å². The molecule has 0 saturated carbocycles. The summed E-state index contributed by atoms with van der Waals surface area (Å²) in [5.41, 5.74) is 1.53. The van der Waals surface area contributed by atoms with Crippen molar-refractivity contribution in [3.8, 4) is 6.07 Å². The molecule has 0 aromatic carbocycles. The first-order chi connectivity index (χ1) is 12.7. The van der Waals surface area contributed by atoms with E-state index in [4.69, 9.17) is 19.3 Å². The van der Waals surface area contributed by atoms with Gasteiger partial charge in [0.25, 0.3) is 0 Å². The number of ether oxygens (including phenoxy) is 2. The number of rotatable bonds is 5. The van der Waals surface area contributed by atoms with Crippen molar-refractivity contribution in [3.05, 3.63) is 23.7 Å². The lowest BCUT2D eigenvalue weighted by molar-refractivity contribution is -0.147. The molecule has 0 aliphatic carbocycles. The SMILES string of the molecule is CCC1=NC(OC)=NC(N2C=Cc3oncc3C2)C1C(=O)OCCC#N. The molecule has 9 heteroatoms. The second-order valence-electron chi connectivity index (χ2n) is 5.74. The van der Waals surface area contributed by atoms with Gasteiger partial charge in [0.2, 0.25) is 0 Å². The molecule has 26 heavy (non-hydrogen) atoms. The van der Waals surface area contributed by atoms with Crippen LogP contribution in [0.3, 0.4) is 0 Å². The Morgan fingerprint density at radius 3 is 3.12 bits per heavy atom. The van der Waals surface area contributed by atoms with Crippen LogP contribution in [0, 0.1) is 17.2 Å². The second kappa shape index (κ2) is 7.82. The maximum Gasteiger partial charge on any atom is 0.318 e. The Morgan fingerprint density at radius 1 is 1.54 bits per heavy atom. The molecule has 0 spiro atoms. The van der Waals surface area contributed by atoms with E-state index in [9.17, 15) is 4.79 Å². The Hall–Kier alpha value is -3.15. The molecule has 1 aromatic heterocycles. The van der Waals surface area contributed by atoms with Crippen molar-refractivity contribution in [2.75, 3.05) is 13.7 Å². The largest absolute Gasteiger partial charge is 0.467 e. The van der Waals surface area contributed by atoms with E-state index in [0.29, 0.717) is 24.4 Å². The van der Waals surface area contributed by atoms with Gasteiger partial charge in [0.1, 0.15) is 18.7 Å². The van der Waals surface area contributed by atoms with Crippen LogP contribution >= 0.6 is 0 Å². The number of methoxy groups -OCH3 is 1. The summed E-state index contributed by atoms with van der Waals surface area (Å²) in [5, 5.41) is 12.4. The quantitative estimate of drug-likeness (QED) is 0.582. The van der Waals surface area contributed by atoms with E-state index in [-0.39, 0.29) is 19.0 Å².